The summed E-state index contributed by atoms with van der Waals surface area (Å²) in [5, 5.41) is 2.68. The van der Waals surface area contributed by atoms with E-state index in [1.54, 1.807) is 11.8 Å². The Balaban J connectivity index is 0.000000469. The number of hydrogen-bond donors (Lipinski definition) is 1. The first kappa shape index (κ1) is 27.2. The molecule has 37 heavy (non-hydrogen) atoms. The quantitative estimate of drug-likeness (QED) is 0.173. The zero-order valence-electron chi connectivity index (χ0n) is 20.7. The highest BCUT2D eigenvalue weighted by Gasteiger charge is 2.72. The van der Waals surface area contributed by atoms with E-state index < -0.39 is 22.5 Å². The molecule has 2 unspecified atom stereocenters. The number of alkyl halides is 1. The van der Waals surface area contributed by atoms with Gasteiger partial charge in [-0.3, -0.25) is 14.5 Å². The lowest BCUT2D eigenvalue weighted by molar-refractivity contribution is -0.179. The fraction of sp³-hybridized carbons (Fsp3) is 0.276. The van der Waals surface area contributed by atoms with Gasteiger partial charge in [-0.15, -0.1) is 11.8 Å². The highest BCUT2D eigenvalue weighted by Crippen LogP contribution is 2.57. The number of nitrogens with zero attached hydrogens (tertiary/aromatic N) is 1. The monoisotopic (exact) mass is 628 g/mol. The second kappa shape index (κ2) is 11.7. The zero-order chi connectivity index (χ0) is 26.5. The third-order valence-electron chi connectivity index (χ3n) is 6.43. The van der Waals surface area contributed by atoms with Crippen LogP contribution in [0.3, 0.4) is 0 Å². The summed E-state index contributed by atoms with van der Waals surface area (Å²) in [4.78, 5) is 40.3. The van der Waals surface area contributed by atoms with E-state index in [1.165, 1.54) is 11.8 Å². The maximum absolute atomic E-state index is 13.9. The third kappa shape index (κ3) is 5.40. The number of esters is 1. The van der Waals surface area contributed by atoms with E-state index in [4.69, 9.17) is 4.74 Å². The summed E-state index contributed by atoms with van der Waals surface area (Å²) in [5.74, 6) is -1.17. The van der Waals surface area contributed by atoms with Crippen molar-refractivity contribution < 1.29 is 19.1 Å². The molecule has 6 nitrogen and oxygen atoms in total. The minimum absolute atomic E-state index is 0.154. The summed E-state index contributed by atoms with van der Waals surface area (Å²) in [6, 6.07) is 30.9. The van der Waals surface area contributed by atoms with Crippen LogP contribution in [-0.2, 0) is 19.1 Å². The summed E-state index contributed by atoms with van der Waals surface area (Å²) >= 11 is 3.75. The van der Waals surface area contributed by atoms with Gasteiger partial charge in [-0.25, -0.2) is 4.79 Å². The minimum Gasteiger partial charge on any atom is -0.449 e. The number of rotatable bonds is 6. The fourth-order valence-electron chi connectivity index (χ4n) is 4.63. The average Bonchev–Trinajstić information content (AvgIpc) is 3.12. The number of ether oxygens (including phenoxy) is 1. The average molecular weight is 629 g/mol. The maximum Gasteiger partial charge on any atom is 0.355 e. The van der Waals surface area contributed by atoms with E-state index in [9.17, 15) is 14.4 Å². The van der Waals surface area contributed by atoms with Crippen LogP contribution in [0.1, 0.15) is 37.5 Å². The van der Waals surface area contributed by atoms with Crippen LogP contribution in [0, 0.1) is 0 Å². The molecule has 192 valence electrons. The van der Waals surface area contributed by atoms with Gasteiger partial charge in [0.05, 0.1) is 16.5 Å². The normalized spacial score (nSPS) is 23.8. The molecule has 3 aromatic rings. The molecule has 0 aromatic heterocycles. The molecule has 0 bridgehead atoms. The molecule has 8 heteroatoms. The van der Waals surface area contributed by atoms with Gasteiger partial charge in [0.1, 0.15) is 0 Å². The third-order valence-corrected chi connectivity index (χ3v) is 10.1. The lowest BCUT2D eigenvalue weighted by atomic mass is 9.89. The van der Waals surface area contributed by atoms with Crippen molar-refractivity contribution in [1.82, 2.24) is 10.2 Å². The zero-order valence-corrected chi connectivity index (χ0v) is 23.6. The van der Waals surface area contributed by atoms with Crippen LogP contribution in [0.4, 0.5) is 0 Å². The van der Waals surface area contributed by atoms with Gasteiger partial charge in [-0.05, 0) is 18.1 Å². The van der Waals surface area contributed by atoms with E-state index in [1.807, 2.05) is 104 Å². The predicted molar refractivity (Wildman–Crippen MR) is 154 cm³/mol. The fourth-order valence-corrected chi connectivity index (χ4v) is 7.39. The van der Waals surface area contributed by atoms with Crippen molar-refractivity contribution in [2.75, 3.05) is 4.43 Å². The second-order valence-electron chi connectivity index (χ2n) is 9.06. The topological polar surface area (TPSA) is 75.7 Å². The van der Waals surface area contributed by atoms with Crippen molar-refractivity contribution in [3.8, 4) is 0 Å². The van der Waals surface area contributed by atoms with Gasteiger partial charge in [0.25, 0.3) is 0 Å². The number of thioether (sulfide) groups is 1. The number of nitrogens with one attached hydrogen (secondary N) is 1. The van der Waals surface area contributed by atoms with Gasteiger partial charge in [-0.1, -0.05) is 120 Å². The Bertz CT molecular complexity index is 1160. The molecule has 2 heterocycles. The largest absolute Gasteiger partial charge is 0.449 e. The smallest absolute Gasteiger partial charge is 0.355 e. The van der Waals surface area contributed by atoms with E-state index >= 15 is 0 Å². The van der Waals surface area contributed by atoms with Crippen LogP contribution in [0.5, 0.6) is 0 Å². The first-order valence-corrected chi connectivity index (χ1v) is 14.4. The van der Waals surface area contributed by atoms with Crippen molar-refractivity contribution in [3.05, 3.63) is 108 Å². The molecule has 0 spiro atoms. The lowest BCUT2D eigenvalue weighted by Gasteiger charge is -2.48. The van der Waals surface area contributed by atoms with Crippen molar-refractivity contribution in [2.45, 2.75) is 42.2 Å². The molecule has 2 aliphatic rings. The Morgan fingerprint density at radius 3 is 1.84 bits per heavy atom. The van der Waals surface area contributed by atoms with E-state index in [0.717, 1.165) is 11.1 Å². The molecule has 5 rings (SSSR count). The number of halogens is 1. The van der Waals surface area contributed by atoms with Crippen LogP contribution in [0.25, 0.3) is 0 Å². The molecule has 3 atom stereocenters. The summed E-state index contributed by atoms with van der Waals surface area (Å²) in [6.45, 7) is 3.27. The van der Waals surface area contributed by atoms with E-state index in [2.05, 4.69) is 27.9 Å². The summed E-state index contributed by atoms with van der Waals surface area (Å²) in [5.41, 5.74) is 0.0636. The number of β-lactam (4-membered cyclic amide) rings is 1. The molecular formula is C29H29IN2O4S. The predicted octanol–water partition coefficient (Wildman–Crippen LogP) is 5.34. The molecule has 3 aromatic carbocycles. The number of benzene rings is 3. The van der Waals surface area contributed by atoms with Crippen molar-refractivity contribution >= 4 is 52.1 Å². The van der Waals surface area contributed by atoms with Gasteiger partial charge >= 0.3 is 5.97 Å². The van der Waals surface area contributed by atoms with Crippen LogP contribution in [0.15, 0.2) is 97.1 Å². The number of carbonyl (C=O) groups is 3. The Labute approximate surface area is 235 Å². The highest BCUT2D eigenvalue weighted by molar-refractivity contribution is 14.1. The molecule has 0 saturated carbocycles. The second-order valence-corrected chi connectivity index (χ2v) is 11.5. The van der Waals surface area contributed by atoms with Gasteiger partial charge in [0, 0.05) is 11.4 Å². The first-order valence-electron chi connectivity index (χ1n) is 12.0. The Morgan fingerprint density at radius 2 is 1.43 bits per heavy atom. The molecular weight excluding hydrogens is 599 g/mol. The van der Waals surface area contributed by atoms with Gasteiger partial charge < -0.3 is 10.1 Å². The van der Waals surface area contributed by atoms with Crippen LogP contribution >= 0.6 is 34.4 Å². The summed E-state index contributed by atoms with van der Waals surface area (Å²) in [6.07, 6.45) is -0.314. The molecule has 1 N–H and O–H groups in total. The van der Waals surface area contributed by atoms with Crippen molar-refractivity contribution in [2.24, 2.45) is 0 Å². The Hall–Kier alpha value is -2.85. The highest BCUT2D eigenvalue weighted by atomic mass is 127. The Kier molecular flexibility index (Phi) is 8.59. The minimum atomic E-state index is -1.56. The molecule has 0 aliphatic carbocycles. The molecule has 2 fully saturated rings. The number of fused-ring (bicyclic) bond motifs is 1. The van der Waals surface area contributed by atoms with Gasteiger partial charge in [0.15, 0.2) is 6.10 Å². The van der Waals surface area contributed by atoms with Crippen LogP contribution in [-0.4, -0.2) is 42.9 Å². The summed E-state index contributed by atoms with van der Waals surface area (Å²) in [7, 11) is 0. The standard InChI is InChI=1S/C23H23IN2O4S.C6H6/c1-15(27)25-23(22(2,14-24)31-19-13-18(28)26(19)23)21(29)30-20(16-9-5-3-6-10-16)17-11-7-4-8-12-17;1-2-4-6-5-3-1/h3-12,19-20H,13-14H2,1-2H3,(H,25,27);1-6H/t19-,22?,23?;/m1./s1. The molecule has 2 aliphatic heterocycles. The molecule has 2 saturated heterocycles. The number of amides is 2. The number of carbonyl (C=O) groups excluding carboxylic acids is 3. The van der Waals surface area contributed by atoms with E-state index in [-0.39, 0.29) is 17.2 Å². The van der Waals surface area contributed by atoms with Crippen LogP contribution < -0.4 is 5.32 Å². The first-order chi connectivity index (χ1) is 17.8. The van der Waals surface area contributed by atoms with E-state index in [0.29, 0.717) is 10.8 Å². The summed E-state index contributed by atoms with van der Waals surface area (Å²) < 4.78 is 5.96. The molecule has 2 amide bonds. The van der Waals surface area contributed by atoms with Gasteiger partial charge in [0.2, 0.25) is 17.5 Å². The Morgan fingerprint density at radius 1 is 0.973 bits per heavy atom. The number of hydrogen-bond acceptors (Lipinski definition) is 5. The SMILES string of the molecule is CC(=O)NC1(C(=O)OC(c2ccccc2)c2ccccc2)N2C(=O)C[C@H]2SC1(C)CI.c1ccccc1. The van der Waals surface area contributed by atoms with Crippen LogP contribution in [0.2, 0.25) is 0 Å². The molecule has 0 radical (unpaired) electrons. The maximum atomic E-state index is 13.9. The lowest BCUT2D eigenvalue weighted by Crippen LogP contribution is -2.76. The van der Waals surface area contributed by atoms with Crippen molar-refractivity contribution in [1.29, 1.82) is 0 Å². The van der Waals surface area contributed by atoms with Crippen molar-refractivity contribution in [3.63, 3.8) is 0 Å². The van der Waals surface area contributed by atoms with Gasteiger partial charge in [-0.2, -0.15) is 0 Å².